The van der Waals surface area contributed by atoms with E-state index in [9.17, 15) is 0 Å². The van der Waals surface area contributed by atoms with Gasteiger partial charge in [-0.2, -0.15) is 0 Å². The molecule has 0 saturated heterocycles. The van der Waals surface area contributed by atoms with Crippen molar-refractivity contribution in [1.29, 1.82) is 0 Å². The van der Waals surface area contributed by atoms with Gasteiger partial charge < -0.3 is 4.90 Å². The number of aliphatic imine (C=N–C) groups is 1. The van der Waals surface area contributed by atoms with Crippen molar-refractivity contribution in [3.05, 3.63) is 65.7 Å². The highest BCUT2D eigenvalue weighted by molar-refractivity contribution is 6.02. The second-order valence-corrected chi connectivity index (χ2v) is 7.99. The average Bonchev–Trinajstić information content (AvgIpc) is 2.86. The van der Waals surface area contributed by atoms with Gasteiger partial charge in [-0.05, 0) is 30.5 Å². The van der Waals surface area contributed by atoms with E-state index in [2.05, 4.69) is 93.3 Å². The Balaban J connectivity index is 2.18. The van der Waals surface area contributed by atoms with Crippen molar-refractivity contribution in [2.24, 2.45) is 10.4 Å². The third kappa shape index (κ3) is 4.32. The van der Waals surface area contributed by atoms with Gasteiger partial charge in [-0.1, -0.05) is 89.1 Å². The number of unbranched alkanes of at least 4 members (excludes halogenated alkanes) is 2. The van der Waals surface area contributed by atoms with E-state index in [1.807, 2.05) is 0 Å². The first-order valence-electron chi connectivity index (χ1n) is 10.3. The van der Waals surface area contributed by atoms with Gasteiger partial charge in [-0.25, -0.2) is 4.99 Å². The predicted octanol–water partition coefficient (Wildman–Crippen LogP) is 7.16. The molecule has 0 saturated carbocycles. The maximum atomic E-state index is 5.21. The van der Waals surface area contributed by atoms with Crippen LogP contribution >= 0.6 is 0 Å². The van der Waals surface area contributed by atoms with Crippen molar-refractivity contribution in [2.45, 2.75) is 53.4 Å². The number of fused-ring (bicyclic) bond motifs is 1. The van der Waals surface area contributed by atoms with Crippen molar-refractivity contribution in [2.75, 3.05) is 6.54 Å². The van der Waals surface area contributed by atoms with E-state index in [-0.39, 0.29) is 5.41 Å². The average molecular weight is 361 g/mol. The summed E-state index contributed by atoms with van der Waals surface area (Å²) in [6, 6.07) is 19.3. The van der Waals surface area contributed by atoms with Crippen LogP contribution < -0.4 is 0 Å². The largest absolute Gasteiger partial charge is 0.329 e. The Morgan fingerprint density at radius 1 is 0.889 bits per heavy atom. The van der Waals surface area contributed by atoms with Crippen LogP contribution in [-0.2, 0) is 0 Å². The van der Waals surface area contributed by atoms with Gasteiger partial charge in [0.25, 0.3) is 0 Å². The third-order valence-electron chi connectivity index (χ3n) is 5.55. The van der Waals surface area contributed by atoms with Gasteiger partial charge in [0.15, 0.2) is 0 Å². The molecule has 0 aromatic heterocycles. The fourth-order valence-electron chi connectivity index (χ4n) is 3.49. The number of para-hydroxylation sites is 1. The number of hydrogen-bond donors (Lipinski definition) is 0. The van der Waals surface area contributed by atoms with Crippen molar-refractivity contribution in [1.82, 2.24) is 4.90 Å². The van der Waals surface area contributed by atoms with Crippen LogP contribution in [0.3, 0.4) is 0 Å². The highest BCUT2D eigenvalue weighted by atomic mass is 15.2. The lowest BCUT2D eigenvalue weighted by Crippen LogP contribution is -2.40. The van der Waals surface area contributed by atoms with Gasteiger partial charge in [0.05, 0.1) is 5.69 Å². The van der Waals surface area contributed by atoms with Crippen LogP contribution in [0.4, 0.5) is 5.69 Å². The maximum absolute atomic E-state index is 5.21. The number of benzene rings is 2. The molecule has 2 heteroatoms. The Hall–Kier alpha value is -2.35. The van der Waals surface area contributed by atoms with Crippen LogP contribution in [0.5, 0.6) is 0 Å². The molecule has 2 aromatic carbocycles. The smallest absolute Gasteiger partial charge is 0.115 e. The Bertz CT molecular complexity index is 815. The Kier molecular flexibility index (Phi) is 6.15. The van der Waals surface area contributed by atoms with E-state index in [4.69, 9.17) is 4.99 Å². The van der Waals surface area contributed by atoms with E-state index in [1.54, 1.807) is 0 Å². The summed E-state index contributed by atoms with van der Waals surface area (Å²) in [5.74, 6) is 1.18. The van der Waals surface area contributed by atoms with Gasteiger partial charge in [0.1, 0.15) is 5.84 Å². The van der Waals surface area contributed by atoms with Crippen molar-refractivity contribution >= 4 is 23.3 Å². The van der Waals surface area contributed by atoms with Crippen molar-refractivity contribution in [3.8, 4) is 0 Å². The van der Waals surface area contributed by atoms with Crippen molar-refractivity contribution < 1.29 is 0 Å². The topological polar surface area (TPSA) is 15.6 Å². The molecule has 142 valence electrons. The fraction of sp³-hybridized carbons (Fsp3) is 0.400. The SMILES string of the molecule is CCCCCN1C(c2ccccc2)=Cc2ccccc2N=C1C(C)(C)CC. The van der Waals surface area contributed by atoms with E-state index >= 15 is 0 Å². The first-order valence-corrected chi connectivity index (χ1v) is 10.3. The van der Waals surface area contributed by atoms with E-state index in [1.165, 1.54) is 41.9 Å². The summed E-state index contributed by atoms with van der Waals surface area (Å²) < 4.78 is 0. The molecule has 1 heterocycles. The van der Waals surface area contributed by atoms with E-state index in [0.717, 1.165) is 18.7 Å². The highest BCUT2D eigenvalue weighted by Gasteiger charge is 2.32. The van der Waals surface area contributed by atoms with E-state index in [0.29, 0.717) is 0 Å². The summed E-state index contributed by atoms with van der Waals surface area (Å²) in [6.45, 7) is 10.2. The normalized spacial score (nSPS) is 14.3. The molecule has 1 aliphatic rings. The van der Waals surface area contributed by atoms with Crippen molar-refractivity contribution in [3.63, 3.8) is 0 Å². The number of amidine groups is 1. The van der Waals surface area contributed by atoms with Crippen LogP contribution in [0.25, 0.3) is 11.8 Å². The molecule has 0 bridgehead atoms. The number of nitrogens with zero attached hydrogens (tertiary/aromatic N) is 2. The molecular formula is C25H32N2. The Morgan fingerprint density at radius 3 is 2.30 bits per heavy atom. The standard InChI is InChI=1S/C25H32N2/c1-5-7-13-18-27-23(20-14-9-8-10-15-20)19-21-16-11-12-17-22(21)26-24(27)25(3,4)6-2/h8-12,14-17,19H,5-7,13,18H2,1-4H3. The molecule has 0 N–H and O–H groups in total. The summed E-state index contributed by atoms with van der Waals surface area (Å²) in [7, 11) is 0. The monoisotopic (exact) mass is 360 g/mol. The third-order valence-corrected chi connectivity index (χ3v) is 5.55. The van der Waals surface area contributed by atoms with Crippen LogP contribution in [0, 0.1) is 5.41 Å². The van der Waals surface area contributed by atoms with Crippen LogP contribution in [-0.4, -0.2) is 17.3 Å². The Labute approximate surface area is 164 Å². The van der Waals surface area contributed by atoms with Crippen LogP contribution in [0.15, 0.2) is 59.6 Å². The minimum Gasteiger partial charge on any atom is -0.329 e. The van der Waals surface area contributed by atoms with Gasteiger partial charge in [-0.3, -0.25) is 0 Å². The number of rotatable bonds is 7. The molecule has 0 radical (unpaired) electrons. The zero-order chi connectivity index (χ0) is 19.3. The summed E-state index contributed by atoms with van der Waals surface area (Å²) in [4.78, 5) is 7.69. The molecule has 2 nitrogen and oxygen atoms in total. The number of hydrogen-bond acceptors (Lipinski definition) is 2. The molecule has 0 spiro atoms. The van der Waals surface area contributed by atoms with Crippen LogP contribution in [0.2, 0.25) is 0 Å². The second-order valence-electron chi connectivity index (χ2n) is 7.99. The van der Waals surface area contributed by atoms with Gasteiger partial charge >= 0.3 is 0 Å². The molecule has 0 unspecified atom stereocenters. The quantitative estimate of drug-likeness (QED) is 0.478. The second kappa shape index (κ2) is 8.56. The van der Waals surface area contributed by atoms with Gasteiger partial charge in [0.2, 0.25) is 0 Å². The predicted molar refractivity (Wildman–Crippen MR) is 118 cm³/mol. The molecule has 1 aliphatic heterocycles. The lowest BCUT2D eigenvalue weighted by atomic mass is 9.87. The zero-order valence-electron chi connectivity index (χ0n) is 17.2. The molecule has 0 aliphatic carbocycles. The molecule has 2 aromatic rings. The molecular weight excluding hydrogens is 328 g/mol. The first-order chi connectivity index (χ1) is 13.1. The minimum absolute atomic E-state index is 0.0114. The van der Waals surface area contributed by atoms with Gasteiger partial charge in [-0.15, -0.1) is 0 Å². The maximum Gasteiger partial charge on any atom is 0.115 e. The first kappa shape index (κ1) is 19.4. The fourth-order valence-corrected chi connectivity index (χ4v) is 3.49. The molecule has 27 heavy (non-hydrogen) atoms. The van der Waals surface area contributed by atoms with Gasteiger partial charge in [0, 0.05) is 23.2 Å². The molecule has 0 atom stereocenters. The summed E-state index contributed by atoms with van der Waals surface area (Å²) in [5.41, 5.74) is 4.79. The highest BCUT2D eigenvalue weighted by Crippen LogP contribution is 2.37. The van der Waals surface area contributed by atoms with Crippen LogP contribution in [0.1, 0.15) is 64.5 Å². The summed E-state index contributed by atoms with van der Waals surface area (Å²) in [5, 5.41) is 0. The molecule has 0 fully saturated rings. The molecule has 3 rings (SSSR count). The Morgan fingerprint density at radius 2 is 1.59 bits per heavy atom. The summed E-state index contributed by atoms with van der Waals surface area (Å²) in [6.07, 6.45) is 7.02. The minimum atomic E-state index is 0.0114. The lowest BCUT2D eigenvalue weighted by molar-refractivity contribution is 0.420. The summed E-state index contributed by atoms with van der Waals surface area (Å²) >= 11 is 0. The zero-order valence-corrected chi connectivity index (χ0v) is 17.2. The van der Waals surface area contributed by atoms with E-state index < -0.39 is 0 Å². The lowest BCUT2D eigenvalue weighted by Gasteiger charge is -2.36. The molecule has 0 amide bonds.